The van der Waals surface area contributed by atoms with E-state index in [9.17, 15) is 14.4 Å². The van der Waals surface area contributed by atoms with Crippen molar-refractivity contribution >= 4 is 23.5 Å². The molecule has 130 valence electrons. The van der Waals surface area contributed by atoms with Gasteiger partial charge in [0.2, 0.25) is 5.91 Å². The molecule has 0 saturated heterocycles. The predicted octanol–water partition coefficient (Wildman–Crippen LogP) is 2.63. The van der Waals surface area contributed by atoms with E-state index in [-0.39, 0.29) is 37.5 Å². The molecule has 24 heavy (non-hydrogen) atoms. The second kappa shape index (κ2) is 10.2. The molecule has 1 aromatic carbocycles. The monoisotopic (exact) mass is 333 g/mol. The summed E-state index contributed by atoms with van der Waals surface area (Å²) in [5.74, 6) is -1.30. The van der Waals surface area contributed by atoms with Gasteiger partial charge in [-0.05, 0) is 31.0 Å². The first kappa shape index (κ1) is 19.4. The maximum absolute atomic E-state index is 11.8. The van der Waals surface area contributed by atoms with Gasteiger partial charge in [0.25, 0.3) is 0 Å². The first-order valence-electron chi connectivity index (χ1n) is 7.79. The van der Waals surface area contributed by atoms with E-state index in [1.807, 2.05) is 24.3 Å². The maximum atomic E-state index is 11.8. The Kier molecular flexibility index (Phi) is 8.25. The van der Waals surface area contributed by atoms with Crippen molar-refractivity contribution in [1.82, 2.24) is 0 Å². The molecule has 0 unspecified atom stereocenters. The summed E-state index contributed by atoms with van der Waals surface area (Å²) in [6.45, 7) is 6.94. The number of nitrogens with one attached hydrogen (secondary N) is 1. The second-order valence-electron chi connectivity index (χ2n) is 5.24. The molecule has 1 aromatic rings. The molecular formula is C18H23NO5. The number of hydrogen-bond donors (Lipinski definition) is 1. The minimum Gasteiger partial charge on any atom is -0.462 e. The van der Waals surface area contributed by atoms with Crippen LogP contribution in [-0.4, -0.2) is 31.1 Å². The summed E-state index contributed by atoms with van der Waals surface area (Å²) in [5.41, 5.74) is 2.16. The van der Waals surface area contributed by atoms with Crippen LogP contribution in [0.1, 0.15) is 32.3 Å². The highest BCUT2D eigenvalue weighted by atomic mass is 16.6. The minimum absolute atomic E-state index is 0.0277. The molecule has 0 heterocycles. The van der Waals surface area contributed by atoms with Crippen molar-refractivity contribution in [3.05, 3.63) is 42.0 Å². The van der Waals surface area contributed by atoms with Gasteiger partial charge >= 0.3 is 11.9 Å². The van der Waals surface area contributed by atoms with Crippen LogP contribution in [-0.2, 0) is 30.3 Å². The van der Waals surface area contributed by atoms with Gasteiger partial charge in [0.05, 0.1) is 6.42 Å². The molecule has 0 radical (unpaired) electrons. The fraction of sp³-hybridized carbons (Fsp3) is 0.389. The quantitative estimate of drug-likeness (QED) is 0.427. The summed E-state index contributed by atoms with van der Waals surface area (Å²) >= 11 is 0. The highest BCUT2D eigenvalue weighted by Crippen LogP contribution is 2.10. The average Bonchev–Trinajstić information content (AvgIpc) is 2.57. The van der Waals surface area contributed by atoms with E-state index < -0.39 is 11.9 Å². The maximum Gasteiger partial charge on any atom is 0.333 e. The number of hydrogen-bond acceptors (Lipinski definition) is 5. The van der Waals surface area contributed by atoms with Gasteiger partial charge in [0, 0.05) is 17.7 Å². The zero-order valence-corrected chi connectivity index (χ0v) is 14.1. The standard InChI is InChI=1S/C18H23NO5/c1-4-14-5-7-15(8-6-14)19-16(20)9-10-17(21)23-11-12-24-18(22)13(2)3/h5-8H,2,4,9-12H2,1,3H3,(H,19,20). The lowest BCUT2D eigenvalue weighted by molar-refractivity contribution is -0.150. The van der Waals surface area contributed by atoms with E-state index >= 15 is 0 Å². The van der Waals surface area contributed by atoms with Gasteiger partial charge in [-0.3, -0.25) is 9.59 Å². The largest absolute Gasteiger partial charge is 0.462 e. The molecule has 1 N–H and O–H groups in total. The Balaban J connectivity index is 2.20. The normalized spacial score (nSPS) is 9.92. The van der Waals surface area contributed by atoms with Gasteiger partial charge in [-0.2, -0.15) is 0 Å². The van der Waals surface area contributed by atoms with Crippen molar-refractivity contribution < 1.29 is 23.9 Å². The minimum atomic E-state index is -0.528. The number of benzene rings is 1. The summed E-state index contributed by atoms with van der Waals surface area (Å²) in [6.07, 6.45) is 0.926. The lowest BCUT2D eigenvalue weighted by atomic mass is 10.1. The molecule has 0 bridgehead atoms. The number of aryl methyl sites for hydroxylation is 1. The fourth-order valence-electron chi connectivity index (χ4n) is 1.75. The number of carbonyl (C=O) groups is 3. The number of ether oxygens (including phenoxy) is 2. The molecule has 0 aliphatic rings. The number of esters is 2. The highest BCUT2D eigenvalue weighted by Gasteiger charge is 2.09. The van der Waals surface area contributed by atoms with E-state index in [1.54, 1.807) is 0 Å². The number of anilines is 1. The Bertz CT molecular complexity index is 592. The van der Waals surface area contributed by atoms with Gasteiger partial charge in [0.1, 0.15) is 13.2 Å². The molecule has 0 spiro atoms. The molecular weight excluding hydrogens is 310 g/mol. The van der Waals surface area contributed by atoms with Crippen LogP contribution in [0.2, 0.25) is 0 Å². The molecule has 0 aromatic heterocycles. The molecule has 0 saturated carbocycles. The summed E-state index contributed by atoms with van der Waals surface area (Å²) in [7, 11) is 0. The van der Waals surface area contributed by atoms with Crippen LogP contribution in [0.4, 0.5) is 5.69 Å². The van der Waals surface area contributed by atoms with Crippen molar-refractivity contribution in [3.63, 3.8) is 0 Å². The predicted molar refractivity (Wildman–Crippen MR) is 90.4 cm³/mol. The van der Waals surface area contributed by atoms with E-state index in [0.29, 0.717) is 5.69 Å². The van der Waals surface area contributed by atoms with Crippen LogP contribution in [0.15, 0.2) is 36.4 Å². The molecule has 0 atom stereocenters. The molecule has 6 heteroatoms. The second-order valence-corrected chi connectivity index (χ2v) is 5.24. The Morgan fingerprint density at radius 1 is 1.04 bits per heavy atom. The average molecular weight is 333 g/mol. The molecule has 0 fully saturated rings. The SMILES string of the molecule is C=C(C)C(=O)OCCOC(=O)CCC(=O)Nc1ccc(CC)cc1. The zero-order valence-electron chi connectivity index (χ0n) is 14.1. The first-order valence-corrected chi connectivity index (χ1v) is 7.79. The Morgan fingerprint density at radius 2 is 1.67 bits per heavy atom. The molecule has 6 nitrogen and oxygen atoms in total. The molecule has 0 aliphatic heterocycles. The lowest BCUT2D eigenvalue weighted by Crippen LogP contribution is -2.17. The van der Waals surface area contributed by atoms with Gasteiger partial charge in [0.15, 0.2) is 0 Å². The van der Waals surface area contributed by atoms with Crippen LogP contribution in [0.25, 0.3) is 0 Å². The third kappa shape index (κ3) is 7.58. The summed E-state index contributed by atoms with van der Waals surface area (Å²) in [5, 5.41) is 2.72. The highest BCUT2D eigenvalue weighted by molar-refractivity contribution is 5.92. The van der Waals surface area contributed by atoms with Crippen LogP contribution < -0.4 is 5.32 Å². The van der Waals surface area contributed by atoms with Gasteiger partial charge < -0.3 is 14.8 Å². The fourth-order valence-corrected chi connectivity index (χ4v) is 1.75. The number of carbonyl (C=O) groups excluding carboxylic acids is 3. The van der Waals surface area contributed by atoms with Crippen molar-refractivity contribution in [2.75, 3.05) is 18.5 Å². The van der Waals surface area contributed by atoms with Gasteiger partial charge in [-0.1, -0.05) is 25.6 Å². The summed E-state index contributed by atoms with van der Waals surface area (Å²) < 4.78 is 9.66. The van der Waals surface area contributed by atoms with Crippen LogP contribution in [0.5, 0.6) is 0 Å². The number of amides is 1. The first-order chi connectivity index (χ1) is 11.4. The van der Waals surface area contributed by atoms with Crippen molar-refractivity contribution in [3.8, 4) is 0 Å². The van der Waals surface area contributed by atoms with Crippen molar-refractivity contribution in [2.24, 2.45) is 0 Å². The smallest absolute Gasteiger partial charge is 0.333 e. The van der Waals surface area contributed by atoms with Crippen LogP contribution >= 0.6 is 0 Å². The Labute approximate surface area is 141 Å². The van der Waals surface area contributed by atoms with Gasteiger partial charge in [-0.25, -0.2) is 4.79 Å². The lowest BCUT2D eigenvalue weighted by Gasteiger charge is -2.07. The van der Waals surface area contributed by atoms with E-state index in [1.165, 1.54) is 12.5 Å². The van der Waals surface area contributed by atoms with Crippen molar-refractivity contribution in [2.45, 2.75) is 33.1 Å². The van der Waals surface area contributed by atoms with E-state index in [0.717, 1.165) is 6.42 Å². The van der Waals surface area contributed by atoms with Crippen LogP contribution in [0.3, 0.4) is 0 Å². The zero-order chi connectivity index (χ0) is 17.9. The molecule has 0 aliphatic carbocycles. The molecule has 1 amide bonds. The van der Waals surface area contributed by atoms with E-state index in [4.69, 9.17) is 9.47 Å². The third-order valence-corrected chi connectivity index (χ3v) is 3.13. The van der Waals surface area contributed by atoms with E-state index in [2.05, 4.69) is 18.8 Å². The summed E-state index contributed by atoms with van der Waals surface area (Å²) in [6, 6.07) is 7.53. The third-order valence-electron chi connectivity index (χ3n) is 3.13. The number of rotatable bonds is 9. The van der Waals surface area contributed by atoms with Gasteiger partial charge in [-0.15, -0.1) is 0 Å². The summed E-state index contributed by atoms with van der Waals surface area (Å²) in [4.78, 5) is 34.4. The van der Waals surface area contributed by atoms with Crippen LogP contribution in [0, 0.1) is 0 Å². The Morgan fingerprint density at radius 3 is 2.25 bits per heavy atom. The Hall–Kier alpha value is -2.63. The molecule has 1 rings (SSSR count). The topological polar surface area (TPSA) is 81.7 Å². The van der Waals surface area contributed by atoms with Crippen molar-refractivity contribution in [1.29, 1.82) is 0 Å².